The molecule has 0 saturated carbocycles. The number of nitrogens with one attached hydrogen (secondary N) is 1. The Kier molecular flexibility index (Phi) is 8.47. The average Bonchev–Trinajstić information content (AvgIpc) is 2.80. The number of hydrogen-bond acceptors (Lipinski definition) is 7. The minimum absolute atomic E-state index is 0.0643. The molecule has 0 aromatic heterocycles. The largest absolute Gasteiger partial charge is 0.435 e. The zero-order chi connectivity index (χ0) is 24.7. The van der Waals surface area contributed by atoms with Crippen molar-refractivity contribution in [2.24, 2.45) is 0 Å². The number of ether oxygens (including phenoxy) is 1. The van der Waals surface area contributed by atoms with Crippen molar-refractivity contribution in [2.45, 2.75) is 17.9 Å². The number of nitrogens with zero attached hydrogens (tertiary/aromatic N) is 3. The number of rotatable bonds is 10. The van der Waals surface area contributed by atoms with Crippen LogP contribution in [0.1, 0.15) is 5.56 Å². The van der Waals surface area contributed by atoms with Gasteiger partial charge in [-0.25, -0.2) is 8.42 Å². The molecule has 10 nitrogen and oxygen atoms in total. The molecule has 1 fully saturated rings. The van der Waals surface area contributed by atoms with Crippen molar-refractivity contribution in [3.05, 3.63) is 64.2 Å². The molecular weight excluding hydrogens is 474 g/mol. The summed E-state index contributed by atoms with van der Waals surface area (Å²) < 4.78 is 55.5. The van der Waals surface area contributed by atoms with Gasteiger partial charge in [0.05, 0.1) is 16.4 Å². The van der Waals surface area contributed by atoms with E-state index >= 15 is 0 Å². The molecule has 0 radical (unpaired) electrons. The molecule has 34 heavy (non-hydrogen) atoms. The molecule has 0 aliphatic carbocycles. The second-order valence-corrected chi connectivity index (χ2v) is 9.50. The molecule has 0 atom stereocenters. The molecule has 0 bridgehead atoms. The van der Waals surface area contributed by atoms with E-state index in [0.717, 1.165) is 11.6 Å². The molecule has 1 saturated heterocycles. The Labute approximate surface area is 195 Å². The third kappa shape index (κ3) is 6.92. The van der Waals surface area contributed by atoms with Crippen molar-refractivity contribution in [1.29, 1.82) is 0 Å². The van der Waals surface area contributed by atoms with Crippen LogP contribution in [0.4, 0.5) is 14.5 Å². The van der Waals surface area contributed by atoms with E-state index in [-0.39, 0.29) is 41.9 Å². The summed E-state index contributed by atoms with van der Waals surface area (Å²) in [5, 5.41) is 13.7. The van der Waals surface area contributed by atoms with Crippen molar-refractivity contribution in [3.8, 4) is 5.75 Å². The molecule has 1 N–H and O–H groups in total. The lowest BCUT2D eigenvalue weighted by Gasteiger charge is -2.33. The maximum absolute atomic E-state index is 12.8. The lowest BCUT2D eigenvalue weighted by molar-refractivity contribution is -0.385. The highest BCUT2D eigenvalue weighted by molar-refractivity contribution is 7.89. The molecule has 3 rings (SSSR count). The number of sulfonamides is 1. The first-order valence-corrected chi connectivity index (χ1v) is 11.9. The van der Waals surface area contributed by atoms with E-state index in [2.05, 4.69) is 10.1 Å². The molecule has 1 aliphatic heterocycles. The number of alkyl halides is 2. The van der Waals surface area contributed by atoms with Crippen LogP contribution < -0.4 is 10.1 Å². The molecular formula is C21H24F2N4O6S. The normalized spacial score (nSPS) is 15.3. The zero-order valence-electron chi connectivity index (χ0n) is 18.1. The Morgan fingerprint density at radius 1 is 1.12 bits per heavy atom. The fourth-order valence-electron chi connectivity index (χ4n) is 3.48. The second-order valence-electron chi connectivity index (χ2n) is 7.56. The summed E-state index contributed by atoms with van der Waals surface area (Å²) in [7, 11) is -3.87. The summed E-state index contributed by atoms with van der Waals surface area (Å²) >= 11 is 0. The summed E-state index contributed by atoms with van der Waals surface area (Å²) in [6.45, 7) is -1.43. The van der Waals surface area contributed by atoms with Crippen LogP contribution in [0.2, 0.25) is 0 Å². The third-order valence-electron chi connectivity index (χ3n) is 5.25. The van der Waals surface area contributed by atoms with Crippen LogP contribution in [0.25, 0.3) is 0 Å². The lowest BCUT2D eigenvalue weighted by atomic mass is 10.1. The Balaban J connectivity index is 1.42. The monoisotopic (exact) mass is 498 g/mol. The van der Waals surface area contributed by atoms with Crippen LogP contribution in [0.5, 0.6) is 5.75 Å². The second kappa shape index (κ2) is 11.3. The summed E-state index contributed by atoms with van der Waals surface area (Å²) in [4.78, 5) is 24.2. The Morgan fingerprint density at radius 2 is 1.79 bits per heavy atom. The van der Waals surface area contributed by atoms with Gasteiger partial charge < -0.3 is 10.1 Å². The van der Waals surface area contributed by atoms with Crippen molar-refractivity contribution in [3.63, 3.8) is 0 Å². The fourth-order valence-corrected chi connectivity index (χ4v) is 4.94. The first kappa shape index (κ1) is 25.5. The minimum atomic E-state index is -3.87. The van der Waals surface area contributed by atoms with Crippen LogP contribution >= 0.6 is 0 Å². The van der Waals surface area contributed by atoms with Gasteiger partial charge in [0.1, 0.15) is 5.75 Å². The van der Waals surface area contributed by atoms with Gasteiger partial charge in [-0.3, -0.25) is 19.8 Å². The summed E-state index contributed by atoms with van der Waals surface area (Å²) in [5.74, 6) is -0.151. The van der Waals surface area contributed by atoms with E-state index < -0.39 is 21.6 Å². The molecule has 1 amide bonds. The molecule has 13 heteroatoms. The summed E-state index contributed by atoms with van der Waals surface area (Å²) in [5.41, 5.74) is 0.552. The Morgan fingerprint density at radius 3 is 2.41 bits per heavy atom. The first-order chi connectivity index (χ1) is 16.1. The van der Waals surface area contributed by atoms with E-state index in [1.807, 2.05) is 4.90 Å². The van der Waals surface area contributed by atoms with Gasteiger partial charge in [0.2, 0.25) is 15.9 Å². The summed E-state index contributed by atoms with van der Waals surface area (Å²) in [6.07, 6.45) is 0.510. The van der Waals surface area contributed by atoms with Crippen molar-refractivity contribution >= 4 is 21.6 Å². The number of amides is 1. The highest BCUT2D eigenvalue weighted by atomic mass is 32.2. The van der Waals surface area contributed by atoms with Gasteiger partial charge in [0.25, 0.3) is 5.69 Å². The first-order valence-electron chi connectivity index (χ1n) is 10.4. The quantitative estimate of drug-likeness (QED) is 0.392. The molecule has 0 spiro atoms. The molecule has 184 valence electrons. The summed E-state index contributed by atoms with van der Waals surface area (Å²) in [6, 6.07) is 11.1. The highest BCUT2D eigenvalue weighted by Gasteiger charge is 2.30. The molecule has 2 aromatic rings. The number of benzene rings is 2. The minimum Gasteiger partial charge on any atom is -0.435 e. The smallest absolute Gasteiger partial charge is 0.387 e. The van der Waals surface area contributed by atoms with Crippen molar-refractivity contribution < 1.29 is 31.7 Å². The van der Waals surface area contributed by atoms with Crippen LogP contribution in [-0.2, 0) is 21.2 Å². The number of hydrogen-bond donors (Lipinski definition) is 1. The van der Waals surface area contributed by atoms with E-state index in [1.54, 1.807) is 12.1 Å². The number of halogens is 2. The van der Waals surface area contributed by atoms with E-state index in [0.29, 0.717) is 26.1 Å². The zero-order valence-corrected chi connectivity index (χ0v) is 18.9. The van der Waals surface area contributed by atoms with Gasteiger partial charge in [-0.1, -0.05) is 18.2 Å². The molecule has 2 aromatic carbocycles. The number of nitro groups is 1. The van der Waals surface area contributed by atoms with Gasteiger partial charge in [-0.15, -0.1) is 0 Å². The molecule has 0 unspecified atom stereocenters. The SMILES string of the molecule is O=C(CN1CCN(S(=O)(=O)c2cccc([N+](=O)[O-])c2)CC1)NCCc1ccc(OC(F)F)cc1. The molecule has 1 aliphatic rings. The van der Waals surface area contributed by atoms with Gasteiger partial charge in [-0.05, 0) is 30.2 Å². The average molecular weight is 499 g/mol. The number of carbonyl (C=O) groups excluding carboxylic acids is 1. The standard InChI is InChI=1S/C21H24F2N4O6S/c22-21(23)33-18-6-4-16(5-7-18)8-9-24-20(28)15-25-10-12-26(13-11-25)34(31,32)19-3-1-2-17(14-19)27(29)30/h1-7,14,21H,8-13,15H2,(H,24,28). The van der Waals surface area contributed by atoms with Crippen molar-refractivity contribution in [2.75, 3.05) is 39.3 Å². The van der Waals surface area contributed by atoms with Crippen LogP contribution in [0.3, 0.4) is 0 Å². The molecule has 1 heterocycles. The Hall–Kier alpha value is -3.16. The van der Waals surface area contributed by atoms with E-state index in [9.17, 15) is 32.1 Å². The van der Waals surface area contributed by atoms with Gasteiger partial charge in [0.15, 0.2) is 0 Å². The predicted octanol–water partition coefficient (Wildman–Crippen LogP) is 1.86. The number of nitro benzene ring substituents is 1. The van der Waals surface area contributed by atoms with E-state index in [1.165, 1.54) is 34.6 Å². The predicted molar refractivity (Wildman–Crippen MR) is 118 cm³/mol. The van der Waals surface area contributed by atoms with Crippen LogP contribution in [0.15, 0.2) is 53.4 Å². The van der Waals surface area contributed by atoms with E-state index in [4.69, 9.17) is 0 Å². The number of non-ortho nitro benzene ring substituents is 1. The van der Waals surface area contributed by atoms with Crippen molar-refractivity contribution in [1.82, 2.24) is 14.5 Å². The maximum Gasteiger partial charge on any atom is 0.387 e. The maximum atomic E-state index is 12.8. The fraction of sp³-hybridized carbons (Fsp3) is 0.381. The van der Waals surface area contributed by atoms with Gasteiger partial charge in [-0.2, -0.15) is 13.1 Å². The number of carbonyl (C=O) groups is 1. The van der Waals surface area contributed by atoms with Crippen LogP contribution in [-0.4, -0.2) is 74.3 Å². The van der Waals surface area contributed by atoms with Gasteiger partial charge >= 0.3 is 6.61 Å². The Bertz CT molecular complexity index is 1110. The van der Waals surface area contributed by atoms with Gasteiger partial charge in [0, 0.05) is 44.9 Å². The third-order valence-corrected chi connectivity index (χ3v) is 7.14. The number of piperazine rings is 1. The topological polar surface area (TPSA) is 122 Å². The highest BCUT2D eigenvalue weighted by Crippen LogP contribution is 2.22. The lowest BCUT2D eigenvalue weighted by Crippen LogP contribution is -2.51. The van der Waals surface area contributed by atoms with Crippen LogP contribution in [0, 0.1) is 10.1 Å².